The van der Waals surface area contributed by atoms with Crippen molar-refractivity contribution in [1.29, 1.82) is 0 Å². The van der Waals surface area contributed by atoms with Gasteiger partial charge >= 0.3 is 0 Å². The first-order valence-corrected chi connectivity index (χ1v) is 9.71. The fourth-order valence-corrected chi connectivity index (χ4v) is 4.16. The fourth-order valence-electron chi connectivity index (χ4n) is 4.16. The molecule has 0 spiro atoms. The van der Waals surface area contributed by atoms with Crippen LogP contribution in [0.5, 0.6) is 11.5 Å². The van der Waals surface area contributed by atoms with Crippen LogP contribution in [0, 0.1) is 13.8 Å². The molecular formula is C24H25NO4. The molecule has 1 unspecified atom stereocenters. The minimum Gasteiger partial charge on any atom is -0.493 e. The number of benzene rings is 2. The molecule has 3 aromatic rings. The molecule has 0 fully saturated rings. The molecule has 0 bridgehead atoms. The normalized spacial score (nSPS) is 15.7. The van der Waals surface area contributed by atoms with E-state index in [1.54, 1.807) is 14.2 Å². The molecule has 1 aliphatic rings. The van der Waals surface area contributed by atoms with Crippen LogP contribution in [0.3, 0.4) is 0 Å². The van der Waals surface area contributed by atoms with Gasteiger partial charge in [0.15, 0.2) is 11.5 Å². The zero-order valence-electron chi connectivity index (χ0n) is 17.2. The van der Waals surface area contributed by atoms with Crippen LogP contribution < -0.4 is 9.47 Å². The summed E-state index contributed by atoms with van der Waals surface area (Å²) in [6.45, 7) is 4.31. The summed E-state index contributed by atoms with van der Waals surface area (Å²) < 4.78 is 16.7. The summed E-state index contributed by atoms with van der Waals surface area (Å²) in [6.07, 6.45) is 0.751. The number of rotatable bonds is 4. The number of nitrogens with zero attached hydrogens (tertiary/aromatic N) is 1. The first-order valence-electron chi connectivity index (χ1n) is 9.71. The molecule has 150 valence electrons. The molecule has 29 heavy (non-hydrogen) atoms. The highest BCUT2D eigenvalue weighted by Gasteiger charge is 2.34. The lowest BCUT2D eigenvalue weighted by atomic mass is 9.87. The topological polar surface area (TPSA) is 51.9 Å². The minimum absolute atomic E-state index is 0.0198. The van der Waals surface area contributed by atoms with E-state index in [0.29, 0.717) is 29.4 Å². The molecule has 0 N–H and O–H groups in total. The minimum atomic E-state index is -0.207. The zero-order chi connectivity index (χ0) is 20.5. The Balaban J connectivity index is 1.85. The first-order chi connectivity index (χ1) is 14.0. The van der Waals surface area contributed by atoms with E-state index in [2.05, 4.69) is 12.1 Å². The van der Waals surface area contributed by atoms with E-state index in [1.165, 1.54) is 5.56 Å². The first kappa shape index (κ1) is 19.1. The smallest absolute Gasteiger partial charge is 0.258 e. The van der Waals surface area contributed by atoms with Gasteiger partial charge in [0.05, 0.1) is 25.8 Å². The number of hydrogen-bond donors (Lipinski definition) is 0. The van der Waals surface area contributed by atoms with Gasteiger partial charge in [-0.1, -0.05) is 30.3 Å². The van der Waals surface area contributed by atoms with Gasteiger partial charge in [-0.05, 0) is 55.2 Å². The van der Waals surface area contributed by atoms with Gasteiger partial charge < -0.3 is 18.8 Å². The van der Waals surface area contributed by atoms with Crippen LogP contribution >= 0.6 is 0 Å². The van der Waals surface area contributed by atoms with E-state index in [9.17, 15) is 4.79 Å². The summed E-state index contributed by atoms with van der Waals surface area (Å²) in [6, 6.07) is 15.7. The summed E-state index contributed by atoms with van der Waals surface area (Å²) in [5, 5.41) is 0. The third kappa shape index (κ3) is 3.37. The summed E-state index contributed by atoms with van der Waals surface area (Å²) in [7, 11) is 3.27. The number of methoxy groups -OCH3 is 2. The molecule has 0 saturated heterocycles. The highest BCUT2D eigenvalue weighted by Crippen LogP contribution is 2.41. The largest absolute Gasteiger partial charge is 0.493 e. The second-order valence-corrected chi connectivity index (χ2v) is 7.29. The van der Waals surface area contributed by atoms with E-state index in [1.807, 2.05) is 55.1 Å². The zero-order valence-corrected chi connectivity index (χ0v) is 17.2. The Kier molecular flexibility index (Phi) is 5.05. The summed E-state index contributed by atoms with van der Waals surface area (Å²) >= 11 is 0. The number of carbonyl (C=O) groups is 1. The third-order valence-electron chi connectivity index (χ3n) is 5.52. The van der Waals surface area contributed by atoms with Crippen molar-refractivity contribution in [2.45, 2.75) is 26.3 Å². The van der Waals surface area contributed by atoms with Crippen LogP contribution in [-0.2, 0) is 6.42 Å². The average Bonchev–Trinajstić information content (AvgIpc) is 3.09. The second kappa shape index (κ2) is 7.66. The molecule has 0 saturated carbocycles. The Labute approximate surface area is 170 Å². The van der Waals surface area contributed by atoms with Crippen LogP contribution in [-0.4, -0.2) is 31.6 Å². The van der Waals surface area contributed by atoms with Gasteiger partial charge in [-0.2, -0.15) is 0 Å². The van der Waals surface area contributed by atoms with Gasteiger partial charge in [0.1, 0.15) is 11.5 Å². The van der Waals surface area contributed by atoms with E-state index in [4.69, 9.17) is 13.9 Å². The van der Waals surface area contributed by atoms with E-state index in [-0.39, 0.29) is 11.9 Å². The fraction of sp³-hybridized carbons (Fsp3) is 0.292. The monoisotopic (exact) mass is 391 g/mol. The van der Waals surface area contributed by atoms with Gasteiger partial charge in [-0.15, -0.1) is 0 Å². The van der Waals surface area contributed by atoms with Crippen LogP contribution in [0.4, 0.5) is 0 Å². The number of carbonyl (C=O) groups excluding carboxylic acids is 1. The number of hydrogen-bond acceptors (Lipinski definition) is 4. The molecule has 0 aliphatic carbocycles. The van der Waals surface area contributed by atoms with Crippen molar-refractivity contribution in [3.05, 3.63) is 82.3 Å². The maximum Gasteiger partial charge on any atom is 0.258 e. The van der Waals surface area contributed by atoms with Gasteiger partial charge in [-0.3, -0.25) is 4.79 Å². The molecule has 2 heterocycles. The Bertz CT molecular complexity index is 1040. The van der Waals surface area contributed by atoms with Gasteiger partial charge in [-0.25, -0.2) is 0 Å². The Morgan fingerprint density at radius 1 is 1.03 bits per heavy atom. The Hall–Kier alpha value is -3.21. The molecule has 5 heteroatoms. The number of aryl methyl sites for hydroxylation is 2. The van der Waals surface area contributed by atoms with Crippen molar-refractivity contribution < 1.29 is 18.7 Å². The van der Waals surface area contributed by atoms with Gasteiger partial charge in [0.2, 0.25) is 0 Å². The summed E-state index contributed by atoms with van der Waals surface area (Å²) in [4.78, 5) is 15.4. The molecule has 1 aromatic heterocycles. The highest BCUT2D eigenvalue weighted by molar-refractivity contribution is 5.96. The molecular weight excluding hydrogens is 366 g/mol. The summed E-state index contributed by atoms with van der Waals surface area (Å²) in [5.74, 6) is 2.74. The molecule has 5 nitrogen and oxygen atoms in total. The quantitative estimate of drug-likeness (QED) is 0.647. The molecule has 1 aliphatic heterocycles. The van der Waals surface area contributed by atoms with Crippen molar-refractivity contribution in [2.24, 2.45) is 0 Å². The van der Waals surface area contributed by atoms with Crippen LogP contribution in [0.1, 0.15) is 44.6 Å². The van der Waals surface area contributed by atoms with Crippen molar-refractivity contribution in [1.82, 2.24) is 4.90 Å². The van der Waals surface area contributed by atoms with Crippen molar-refractivity contribution >= 4 is 5.91 Å². The predicted molar refractivity (Wildman–Crippen MR) is 111 cm³/mol. The summed E-state index contributed by atoms with van der Waals surface area (Å²) in [5.41, 5.74) is 3.91. The highest BCUT2D eigenvalue weighted by atomic mass is 16.5. The number of furan rings is 1. The third-order valence-corrected chi connectivity index (χ3v) is 5.52. The lowest BCUT2D eigenvalue weighted by Gasteiger charge is -2.38. The molecule has 1 amide bonds. The SMILES string of the molecule is COc1cc2c(cc1OC)C(c1ccccc1)N(C(=O)c1cc(C)oc1C)CC2. The van der Waals surface area contributed by atoms with Crippen LogP contribution in [0.15, 0.2) is 52.9 Å². The molecule has 2 aromatic carbocycles. The van der Waals surface area contributed by atoms with E-state index in [0.717, 1.165) is 23.3 Å². The average molecular weight is 391 g/mol. The standard InChI is InChI=1S/C24H25NO4/c1-15-12-19(16(2)29-15)24(26)25-11-10-18-13-21(27-3)22(28-4)14-20(18)23(25)17-8-6-5-7-9-17/h5-9,12-14,23H,10-11H2,1-4H3. The predicted octanol–water partition coefficient (Wildman–Crippen LogP) is 4.70. The van der Waals surface area contributed by atoms with Crippen LogP contribution in [0.2, 0.25) is 0 Å². The lowest BCUT2D eigenvalue weighted by molar-refractivity contribution is 0.0692. The Morgan fingerprint density at radius 2 is 1.72 bits per heavy atom. The van der Waals surface area contributed by atoms with Gasteiger partial charge in [0, 0.05) is 6.54 Å². The molecule has 1 atom stereocenters. The number of ether oxygens (including phenoxy) is 2. The van der Waals surface area contributed by atoms with E-state index >= 15 is 0 Å². The maximum absolute atomic E-state index is 13.5. The number of fused-ring (bicyclic) bond motifs is 1. The number of amides is 1. The van der Waals surface area contributed by atoms with Crippen molar-refractivity contribution in [3.8, 4) is 11.5 Å². The maximum atomic E-state index is 13.5. The van der Waals surface area contributed by atoms with Crippen LogP contribution in [0.25, 0.3) is 0 Å². The van der Waals surface area contributed by atoms with Gasteiger partial charge in [0.25, 0.3) is 5.91 Å². The van der Waals surface area contributed by atoms with E-state index < -0.39 is 0 Å². The van der Waals surface area contributed by atoms with Crippen molar-refractivity contribution in [3.63, 3.8) is 0 Å². The second-order valence-electron chi connectivity index (χ2n) is 7.29. The molecule has 4 rings (SSSR count). The van der Waals surface area contributed by atoms with Crippen molar-refractivity contribution in [2.75, 3.05) is 20.8 Å². The molecule has 0 radical (unpaired) electrons. The lowest BCUT2D eigenvalue weighted by Crippen LogP contribution is -2.40. The Morgan fingerprint density at radius 3 is 2.34 bits per heavy atom.